The van der Waals surface area contributed by atoms with E-state index in [-0.39, 0.29) is 28.3 Å². The first-order valence-electron chi connectivity index (χ1n) is 7.01. The average Bonchev–Trinajstić information content (AvgIpc) is 2.55. The molecule has 120 valence electrons. The maximum absolute atomic E-state index is 11.9. The highest BCUT2D eigenvalue weighted by atomic mass is 16.6. The van der Waals surface area contributed by atoms with Gasteiger partial charge in [0.15, 0.2) is 5.78 Å². The summed E-state index contributed by atoms with van der Waals surface area (Å²) in [5.41, 5.74) is 1.12. The predicted octanol–water partition coefficient (Wildman–Crippen LogP) is 3.48. The highest BCUT2D eigenvalue weighted by Crippen LogP contribution is 2.21. The molecule has 24 heavy (non-hydrogen) atoms. The van der Waals surface area contributed by atoms with E-state index in [2.05, 4.69) is 4.99 Å². The van der Waals surface area contributed by atoms with Crippen molar-refractivity contribution in [1.29, 1.82) is 0 Å². The average molecular weight is 324 g/mol. The van der Waals surface area contributed by atoms with E-state index < -0.39 is 4.92 Å². The fourth-order valence-corrected chi connectivity index (χ4v) is 2.21. The fourth-order valence-electron chi connectivity index (χ4n) is 2.21. The molecule has 0 bridgehead atoms. The number of nitro groups is 1. The smallest absolute Gasteiger partial charge is 0.270 e. The Kier molecular flexibility index (Phi) is 3.83. The number of nitro benzene ring substituents is 1. The molecule has 0 saturated heterocycles. The second-order valence-corrected chi connectivity index (χ2v) is 5.13. The number of non-ortho nitro benzene ring substituents is 1. The van der Waals surface area contributed by atoms with Gasteiger partial charge in [-0.05, 0) is 43.3 Å². The predicted molar refractivity (Wildman–Crippen MR) is 86.2 cm³/mol. The van der Waals surface area contributed by atoms with E-state index in [1.54, 1.807) is 12.1 Å². The van der Waals surface area contributed by atoms with Gasteiger partial charge in [-0.25, -0.2) is 4.99 Å². The molecule has 3 aromatic rings. The first-order chi connectivity index (χ1) is 11.4. The van der Waals surface area contributed by atoms with Gasteiger partial charge in [0.2, 0.25) is 5.55 Å². The zero-order valence-electron chi connectivity index (χ0n) is 12.6. The van der Waals surface area contributed by atoms with Crippen LogP contribution in [0.1, 0.15) is 17.3 Å². The first kappa shape index (κ1) is 15.4. The van der Waals surface area contributed by atoms with Crippen molar-refractivity contribution < 1.29 is 19.2 Å². The van der Waals surface area contributed by atoms with E-state index in [4.69, 9.17) is 4.42 Å². The lowest BCUT2D eigenvalue weighted by molar-refractivity contribution is -0.384. The Morgan fingerprint density at radius 2 is 1.88 bits per heavy atom. The monoisotopic (exact) mass is 324 g/mol. The second-order valence-electron chi connectivity index (χ2n) is 5.13. The molecule has 0 fully saturated rings. The van der Waals surface area contributed by atoms with Crippen LogP contribution >= 0.6 is 0 Å². The van der Waals surface area contributed by atoms with Crippen LogP contribution in [0, 0.1) is 10.1 Å². The Balaban J connectivity index is 2.25. The topological polar surface area (TPSA) is 106 Å². The summed E-state index contributed by atoms with van der Waals surface area (Å²) in [6, 6.07) is 11.7. The molecule has 1 aromatic heterocycles. The van der Waals surface area contributed by atoms with Gasteiger partial charge in [-0.15, -0.1) is 0 Å². The molecule has 0 aliphatic carbocycles. The summed E-state index contributed by atoms with van der Waals surface area (Å²) in [6.45, 7) is 1.36. The van der Waals surface area contributed by atoms with Crippen molar-refractivity contribution in [3.8, 4) is 5.75 Å². The number of hydrogen-bond acceptors (Lipinski definition) is 6. The van der Waals surface area contributed by atoms with E-state index in [0.29, 0.717) is 16.7 Å². The van der Waals surface area contributed by atoms with Crippen LogP contribution in [0.5, 0.6) is 5.75 Å². The van der Waals surface area contributed by atoms with Crippen LogP contribution in [-0.2, 0) is 0 Å². The molecule has 0 spiro atoms. The number of carbonyl (C=O) groups is 1. The van der Waals surface area contributed by atoms with E-state index in [0.717, 1.165) is 0 Å². The Bertz CT molecular complexity index is 1020. The van der Waals surface area contributed by atoms with E-state index in [1.807, 2.05) is 0 Å². The summed E-state index contributed by atoms with van der Waals surface area (Å²) in [6.07, 6.45) is 0. The number of phenolic OH excluding ortho intramolecular Hbond substituents is 1. The van der Waals surface area contributed by atoms with Gasteiger partial charge in [0.1, 0.15) is 11.3 Å². The highest BCUT2D eigenvalue weighted by molar-refractivity contribution is 5.96. The van der Waals surface area contributed by atoms with Gasteiger partial charge < -0.3 is 9.52 Å². The summed E-state index contributed by atoms with van der Waals surface area (Å²) in [5.74, 6) is -0.173. The number of Topliss-reactive ketones (excluding diaryl/α,β-unsaturated/α-hetero) is 1. The normalized spacial score (nSPS) is 11.6. The molecule has 0 radical (unpaired) electrons. The van der Waals surface area contributed by atoms with E-state index in [9.17, 15) is 20.0 Å². The van der Waals surface area contributed by atoms with Gasteiger partial charge in [-0.2, -0.15) is 0 Å². The van der Waals surface area contributed by atoms with E-state index in [1.165, 1.54) is 43.3 Å². The third kappa shape index (κ3) is 3.00. The second kappa shape index (κ2) is 5.96. The maximum atomic E-state index is 11.9. The molecule has 7 nitrogen and oxygen atoms in total. The number of carbonyl (C=O) groups excluding carboxylic acids is 1. The van der Waals surface area contributed by atoms with Crippen molar-refractivity contribution in [2.75, 3.05) is 0 Å². The minimum absolute atomic E-state index is 0.0876. The SMILES string of the molecule is CC(=O)c1cc2cc([N+](=O)[O-])ccc2oc1=Nc1ccc(O)cc1. The minimum atomic E-state index is -0.512. The van der Waals surface area contributed by atoms with Crippen molar-refractivity contribution in [2.24, 2.45) is 4.99 Å². The quantitative estimate of drug-likeness (QED) is 0.451. The largest absolute Gasteiger partial charge is 0.508 e. The summed E-state index contributed by atoms with van der Waals surface area (Å²) < 4.78 is 5.65. The van der Waals surface area contributed by atoms with Crippen LogP contribution in [0.3, 0.4) is 0 Å². The number of aromatic hydroxyl groups is 1. The summed E-state index contributed by atoms with van der Waals surface area (Å²) in [5, 5.41) is 20.6. The molecule has 0 atom stereocenters. The highest BCUT2D eigenvalue weighted by Gasteiger charge is 2.12. The summed E-state index contributed by atoms with van der Waals surface area (Å²) >= 11 is 0. The molecule has 0 saturated carbocycles. The Morgan fingerprint density at radius 3 is 2.50 bits per heavy atom. The summed E-state index contributed by atoms with van der Waals surface area (Å²) in [4.78, 5) is 26.5. The van der Waals surface area contributed by atoms with E-state index >= 15 is 0 Å². The van der Waals surface area contributed by atoms with Crippen LogP contribution in [-0.4, -0.2) is 15.8 Å². The van der Waals surface area contributed by atoms with Crippen molar-refractivity contribution in [1.82, 2.24) is 0 Å². The van der Waals surface area contributed by atoms with Crippen molar-refractivity contribution >= 4 is 28.1 Å². The Hall–Kier alpha value is -3.48. The van der Waals surface area contributed by atoms with Gasteiger partial charge >= 0.3 is 0 Å². The van der Waals surface area contributed by atoms with Crippen LogP contribution in [0.4, 0.5) is 11.4 Å². The molecular formula is C17H12N2O5. The lowest BCUT2D eigenvalue weighted by atomic mass is 10.1. The summed E-state index contributed by atoms with van der Waals surface area (Å²) in [7, 11) is 0. The van der Waals surface area contributed by atoms with Crippen LogP contribution in [0.15, 0.2) is 57.9 Å². The molecule has 1 heterocycles. The first-order valence-corrected chi connectivity index (χ1v) is 7.01. The molecule has 0 unspecified atom stereocenters. The molecule has 3 rings (SSSR count). The third-order valence-corrected chi connectivity index (χ3v) is 3.40. The van der Waals surface area contributed by atoms with Crippen LogP contribution in [0.2, 0.25) is 0 Å². The molecule has 1 N–H and O–H groups in total. The van der Waals surface area contributed by atoms with Gasteiger partial charge in [-0.3, -0.25) is 14.9 Å². The minimum Gasteiger partial charge on any atom is -0.508 e. The van der Waals surface area contributed by atoms with Crippen LogP contribution < -0.4 is 5.55 Å². The van der Waals surface area contributed by atoms with Crippen molar-refractivity contribution in [3.63, 3.8) is 0 Å². The number of rotatable bonds is 3. The van der Waals surface area contributed by atoms with Gasteiger partial charge in [-0.1, -0.05) is 0 Å². The zero-order valence-corrected chi connectivity index (χ0v) is 12.6. The standard InChI is InChI=1S/C17H12N2O5/c1-10(20)15-9-11-8-13(19(22)23)4-7-16(11)24-17(15)18-12-2-5-14(21)6-3-12/h2-9,21H,1H3. The Morgan fingerprint density at radius 1 is 1.17 bits per heavy atom. The molecular weight excluding hydrogens is 312 g/mol. The number of nitrogens with zero attached hydrogens (tertiary/aromatic N) is 2. The van der Waals surface area contributed by atoms with Gasteiger partial charge in [0, 0.05) is 17.5 Å². The fraction of sp³-hybridized carbons (Fsp3) is 0.0588. The number of phenols is 1. The van der Waals surface area contributed by atoms with Gasteiger partial charge in [0.25, 0.3) is 5.69 Å². The molecule has 2 aromatic carbocycles. The van der Waals surface area contributed by atoms with Crippen molar-refractivity contribution in [2.45, 2.75) is 6.92 Å². The molecule has 0 amide bonds. The molecule has 7 heteroatoms. The lowest BCUT2D eigenvalue weighted by Crippen LogP contribution is -2.13. The number of hydrogen-bond donors (Lipinski definition) is 1. The maximum Gasteiger partial charge on any atom is 0.270 e. The zero-order chi connectivity index (χ0) is 17.3. The lowest BCUT2D eigenvalue weighted by Gasteiger charge is -2.02. The molecule has 0 aliphatic rings. The number of benzene rings is 2. The molecule has 0 aliphatic heterocycles. The van der Waals surface area contributed by atoms with Crippen LogP contribution in [0.25, 0.3) is 11.0 Å². The van der Waals surface area contributed by atoms with Gasteiger partial charge in [0.05, 0.1) is 16.2 Å². The number of ketones is 1. The van der Waals surface area contributed by atoms with Crippen molar-refractivity contribution in [3.05, 3.63) is 69.8 Å². The number of fused-ring (bicyclic) bond motifs is 1. The third-order valence-electron chi connectivity index (χ3n) is 3.40. The Labute approximate surface area is 135 Å².